The summed E-state index contributed by atoms with van der Waals surface area (Å²) in [5.74, 6) is 1.13. The van der Waals surface area contributed by atoms with E-state index < -0.39 is 11.5 Å². The van der Waals surface area contributed by atoms with E-state index in [1.165, 1.54) is 0 Å². The minimum Gasteiger partial charge on any atom is -0.366 e. The lowest BCUT2D eigenvalue weighted by atomic mass is 9.74. The highest BCUT2D eigenvalue weighted by Gasteiger charge is 2.44. The number of ether oxygens (including phenoxy) is 1. The predicted molar refractivity (Wildman–Crippen MR) is 84.8 cm³/mol. The highest BCUT2D eigenvalue weighted by Crippen LogP contribution is 2.38. The van der Waals surface area contributed by atoms with Gasteiger partial charge in [-0.2, -0.15) is 10.2 Å². The fourth-order valence-electron chi connectivity index (χ4n) is 3.43. The van der Waals surface area contributed by atoms with Crippen molar-refractivity contribution in [1.82, 2.24) is 15.0 Å². The Hall–Kier alpha value is -1.94. The van der Waals surface area contributed by atoms with E-state index in [0.29, 0.717) is 44.3 Å². The van der Waals surface area contributed by atoms with Crippen molar-refractivity contribution in [3.8, 4) is 6.07 Å². The van der Waals surface area contributed by atoms with Crippen LogP contribution in [0, 0.1) is 16.7 Å². The van der Waals surface area contributed by atoms with E-state index in [9.17, 15) is 10.1 Å². The second-order valence-electron chi connectivity index (χ2n) is 7.01. The first-order valence-corrected chi connectivity index (χ1v) is 8.71. The standard InChI is InChI=1S/C17H24N4O3/c1-12(2)15-19-14(20-24-15)13-10-21(8-9-23-13)16(22)17(11-18)6-4-3-5-7-17/h12-13H,3-10H2,1-2H3/t13-/m1/s1. The number of aromatic nitrogens is 2. The quantitative estimate of drug-likeness (QED) is 0.844. The van der Waals surface area contributed by atoms with Crippen LogP contribution in [0.2, 0.25) is 0 Å². The SMILES string of the molecule is CC(C)c1nc([C@H]2CN(C(=O)C3(C#N)CCCCC3)CCO2)no1. The van der Waals surface area contributed by atoms with Crippen molar-refractivity contribution in [2.45, 2.75) is 58.0 Å². The molecule has 1 saturated heterocycles. The lowest BCUT2D eigenvalue weighted by molar-refractivity contribution is -0.148. The molecule has 130 valence electrons. The highest BCUT2D eigenvalue weighted by molar-refractivity contribution is 5.85. The zero-order valence-corrected chi connectivity index (χ0v) is 14.3. The summed E-state index contributed by atoms with van der Waals surface area (Å²) in [7, 11) is 0. The third-order valence-corrected chi connectivity index (χ3v) is 4.92. The van der Waals surface area contributed by atoms with Crippen LogP contribution in [-0.4, -0.2) is 40.6 Å². The van der Waals surface area contributed by atoms with E-state index in [1.807, 2.05) is 13.8 Å². The third kappa shape index (κ3) is 3.16. The molecule has 0 unspecified atom stereocenters. The molecule has 1 aromatic rings. The fourth-order valence-corrected chi connectivity index (χ4v) is 3.43. The molecule has 2 aliphatic rings. The van der Waals surface area contributed by atoms with Gasteiger partial charge in [0.05, 0.1) is 19.2 Å². The summed E-state index contributed by atoms with van der Waals surface area (Å²) < 4.78 is 11.0. The molecule has 1 aromatic heterocycles. The number of morpholine rings is 1. The maximum atomic E-state index is 13.0. The molecule has 0 spiro atoms. The van der Waals surface area contributed by atoms with Crippen molar-refractivity contribution in [2.75, 3.05) is 19.7 Å². The fraction of sp³-hybridized carbons (Fsp3) is 0.765. The van der Waals surface area contributed by atoms with Gasteiger partial charge in [0.1, 0.15) is 11.5 Å². The zero-order valence-electron chi connectivity index (χ0n) is 14.3. The van der Waals surface area contributed by atoms with Gasteiger partial charge in [-0.05, 0) is 12.8 Å². The van der Waals surface area contributed by atoms with Crippen LogP contribution in [0.25, 0.3) is 0 Å². The van der Waals surface area contributed by atoms with E-state index in [0.717, 1.165) is 19.3 Å². The molecule has 7 nitrogen and oxygen atoms in total. The Bertz CT molecular complexity index is 628. The summed E-state index contributed by atoms with van der Waals surface area (Å²) in [4.78, 5) is 19.1. The average molecular weight is 332 g/mol. The van der Waals surface area contributed by atoms with Crippen molar-refractivity contribution in [3.63, 3.8) is 0 Å². The van der Waals surface area contributed by atoms with E-state index in [4.69, 9.17) is 9.26 Å². The molecule has 0 radical (unpaired) electrons. The molecular weight excluding hydrogens is 308 g/mol. The van der Waals surface area contributed by atoms with Crippen LogP contribution < -0.4 is 0 Å². The smallest absolute Gasteiger partial charge is 0.243 e. The second kappa shape index (κ2) is 6.89. The average Bonchev–Trinajstić information content (AvgIpc) is 3.12. The van der Waals surface area contributed by atoms with Gasteiger partial charge in [0, 0.05) is 12.5 Å². The summed E-state index contributed by atoms with van der Waals surface area (Å²) in [6.45, 7) is 5.26. The van der Waals surface area contributed by atoms with Gasteiger partial charge in [-0.15, -0.1) is 0 Å². The molecule has 24 heavy (non-hydrogen) atoms. The molecule has 2 heterocycles. The minimum atomic E-state index is -0.861. The van der Waals surface area contributed by atoms with Crippen LogP contribution in [0.4, 0.5) is 0 Å². The molecule has 1 aliphatic carbocycles. The lowest BCUT2D eigenvalue weighted by Crippen LogP contribution is -2.49. The Morgan fingerprint density at radius 3 is 2.75 bits per heavy atom. The molecule has 1 saturated carbocycles. The van der Waals surface area contributed by atoms with E-state index in [-0.39, 0.29) is 11.8 Å². The van der Waals surface area contributed by atoms with Crippen molar-refractivity contribution in [3.05, 3.63) is 11.7 Å². The number of rotatable bonds is 3. The number of amides is 1. The van der Waals surface area contributed by atoms with Crippen LogP contribution in [0.15, 0.2) is 4.52 Å². The topological polar surface area (TPSA) is 92.2 Å². The lowest BCUT2D eigenvalue weighted by Gasteiger charge is -2.38. The predicted octanol–water partition coefficient (Wildman–Crippen LogP) is 2.57. The van der Waals surface area contributed by atoms with Crippen LogP contribution in [0.5, 0.6) is 0 Å². The molecule has 1 atom stereocenters. The zero-order chi connectivity index (χ0) is 17.2. The Balaban J connectivity index is 1.72. The van der Waals surface area contributed by atoms with Gasteiger partial charge >= 0.3 is 0 Å². The molecule has 2 fully saturated rings. The Kier molecular flexibility index (Phi) is 4.86. The molecule has 1 aliphatic heterocycles. The summed E-state index contributed by atoms with van der Waals surface area (Å²) in [5, 5.41) is 13.6. The molecule has 1 amide bonds. The molecule has 0 aromatic carbocycles. The largest absolute Gasteiger partial charge is 0.366 e. The molecular formula is C17H24N4O3. The van der Waals surface area contributed by atoms with Gasteiger partial charge in [-0.25, -0.2) is 0 Å². The van der Waals surface area contributed by atoms with Gasteiger partial charge in [0.2, 0.25) is 17.6 Å². The number of hydrogen-bond donors (Lipinski definition) is 0. The Morgan fingerprint density at radius 1 is 1.38 bits per heavy atom. The molecule has 3 rings (SSSR count). The van der Waals surface area contributed by atoms with E-state index in [2.05, 4.69) is 16.2 Å². The van der Waals surface area contributed by atoms with Crippen LogP contribution >= 0.6 is 0 Å². The summed E-state index contributed by atoms with van der Waals surface area (Å²) in [6, 6.07) is 2.31. The van der Waals surface area contributed by atoms with Crippen molar-refractivity contribution in [2.24, 2.45) is 5.41 Å². The highest BCUT2D eigenvalue weighted by atomic mass is 16.5. The van der Waals surface area contributed by atoms with Crippen molar-refractivity contribution in [1.29, 1.82) is 5.26 Å². The summed E-state index contributed by atoms with van der Waals surface area (Å²) >= 11 is 0. The first kappa shape index (κ1) is 16.9. The monoisotopic (exact) mass is 332 g/mol. The number of carbonyl (C=O) groups is 1. The molecule has 0 bridgehead atoms. The van der Waals surface area contributed by atoms with Gasteiger partial charge in [0.25, 0.3) is 0 Å². The van der Waals surface area contributed by atoms with Crippen LogP contribution in [-0.2, 0) is 9.53 Å². The van der Waals surface area contributed by atoms with Crippen LogP contribution in [0.3, 0.4) is 0 Å². The first-order chi connectivity index (χ1) is 11.6. The first-order valence-electron chi connectivity index (χ1n) is 8.71. The number of nitrogens with zero attached hydrogens (tertiary/aromatic N) is 4. The van der Waals surface area contributed by atoms with Crippen molar-refractivity contribution < 1.29 is 14.1 Å². The minimum absolute atomic E-state index is 0.0643. The summed E-state index contributed by atoms with van der Waals surface area (Å²) in [5.41, 5.74) is -0.861. The second-order valence-corrected chi connectivity index (χ2v) is 7.01. The van der Waals surface area contributed by atoms with Gasteiger partial charge in [-0.3, -0.25) is 4.79 Å². The third-order valence-electron chi connectivity index (χ3n) is 4.92. The number of carbonyl (C=O) groups excluding carboxylic acids is 1. The van der Waals surface area contributed by atoms with Crippen molar-refractivity contribution >= 4 is 5.91 Å². The Labute approximate surface area is 142 Å². The van der Waals surface area contributed by atoms with Gasteiger partial charge in [-0.1, -0.05) is 38.3 Å². The molecule has 7 heteroatoms. The van der Waals surface area contributed by atoms with Crippen LogP contribution in [0.1, 0.15) is 69.7 Å². The molecule has 0 N–H and O–H groups in total. The van der Waals surface area contributed by atoms with Gasteiger partial charge in [0.15, 0.2) is 0 Å². The maximum absolute atomic E-state index is 13.0. The summed E-state index contributed by atoms with van der Waals surface area (Å²) in [6.07, 6.45) is 3.90. The maximum Gasteiger partial charge on any atom is 0.243 e. The van der Waals surface area contributed by atoms with E-state index >= 15 is 0 Å². The normalized spacial score (nSPS) is 23.9. The van der Waals surface area contributed by atoms with E-state index in [1.54, 1.807) is 4.90 Å². The Morgan fingerprint density at radius 2 is 2.12 bits per heavy atom. The van der Waals surface area contributed by atoms with Gasteiger partial charge < -0.3 is 14.2 Å². The number of nitriles is 1. The number of hydrogen-bond acceptors (Lipinski definition) is 6.